The first-order valence-electron chi connectivity index (χ1n) is 6.63. The van der Waals surface area contributed by atoms with Crippen LogP contribution in [-0.4, -0.2) is 17.1 Å². The fraction of sp³-hybridized carbons (Fsp3) is 0.400. The lowest BCUT2D eigenvalue weighted by Gasteiger charge is -2.16. The van der Waals surface area contributed by atoms with Crippen LogP contribution in [-0.2, 0) is 6.42 Å². The van der Waals surface area contributed by atoms with Crippen LogP contribution in [0.3, 0.4) is 0 Å². The number of thiazole rings is 1. The normalized spacial score (nSPS) is 18.2. The molecule has 0 fully saturated rings. The maximum Gasteiger partial charge on any atom is 0.190 e. The molecule has 2 aromatic rings. The summed E-state index contributed by atoms with van der Waals surface area (Å²) in [7, 11) is 2.03. The first kappa shape index (κ1) is 12.6. The van der Waals surface area contributed by atoms with Crippen molar-refractivity contribution in [1.29, 1.82) is 0 Å². The maximum absolute atomic E-state index is 9.99. The molecule has 1 unspecified atom stereocenters. The summed E-state index contributed by atoms with van der Waals surface area (Å²) in [5, 5.41) is 11.0. The Kier molecular flexibility index (Phi) is 3.29. The van der Waals surface area contributed by atoms with E-state index >= 15 is 0 Å². The van der Waals surface area contributed by atoms with E-state index in [2.05, 4.69) is 41.1 Å². The Morgan fingerprint density at radius 2 is 2.05 bits per heavy atom. The molecule has 1 aliphatic carbocycles. The van der Waals surface area contributed by atoms with E-state index in [0.29, 0.717) is 0 Å². The third kappa shape index (κ3) is 2.38. The molecule has 1 aromatic heterocycles. The minimum Gasteiger partial charge on any atom is -0.387 e. The van der Waals surface area contributed by atoms with Gasteiger partial charge < -0.3 is 10.0 Å². The van der Waals surface area contributed by atoms with Gasteiger partial charge in [-0.15, -0.1) is 11.3 Å². The molecule has 0 radical (unpaired) electrons. The van der Waals surface area contributed by atoms with Gasteiger partial charge in [0.2, 0.25) is 0 Å². The van der Waals surface area contributed by atoms with Crippen LogP contribution in [0.5, 0.6) is 0 Å². The van der Waals surface area contributed by atoms with Crippen LogP contribution in [0.2, 0.25) is 0 Å². The zero-order valence-electron chi connectivity index (χ0n) is 11.3. The molecule has 4 heteroatoms. The number of fused-ring (bicyclic) bond motifs is 1. The molecular formula is C15H18N2OS. The SMILES string of the molecule is Cc1ccc(N(C)c2nc3c(s2)CCCC3O)cc1. The number of anilines is 2. The molecule has 1 heterocycles. The summed E-state index contributed by atoms with van der Waals surface area (Å²) in [5.74, 6) is 0. The van der Waals surface area contributed by atoms with Gasteiger partial charge in [-0.2, -0.15) is 0 Å². The number of nitrogens with zero attached hydrogens (tertiary/aromatic N) is 2. The van der Waals surface area contributed by atoms with Crippen LogP contribution in [0.25, 0.3) is 0 Å². The third-order valence-corrected chi connectivity index (χ3v) is 4.83. The Bertz CT molecular complexity index is 576. The Hall–Kier alpha value is -1.39. The molecule has 0 saturated carbocycles. The van der Waals surface area contributed by atoms with Crippen molar-refractivity contribution in [3.8, 4) is 0 Å². The number of hydrogen-bond acceptors (Lipinski definition) is 4. The molecule has 0 amide bonds. The molecule has 19 heavy (non-hydrogen) atoms. The topological polar surface area (TPSA) is 36.4 Å². The van der Waals surface area contributed by atoms with Crippen molar-refractivity contribution in [2.45, 2.75) is 32.3 Å². The molecule has 100 valence electrons. The number of benzene rings is 1. The number of aliphatic hydroxyl groups is 1. The molecule has 1 atom stereocenters. The molecule has 3 rings (SSSR count). The van der Waals surface area contributed by atoms with Crippen LogP contribution in [0.15, 0.2) is 24.3 Å². The van der Waals surface area contributed by atoms with Crippen molar-refractivity contribution in [1.82, 2.24) is 4.98 Å². The van der Waals surface area contributed by atoms with Crippen molar-refractivity contribution in [3.05, 3.63) is 40.4 Å². The van der Waals surface area contributed by atoms with E-state index in [-0.39, 0.29) is 6.10 Å². The largest absolute Gasteiger partial charge is 0.387 e. The number of hydrogen-bond donors (Lipinski definition) is 1. The second kappa shape index (κ2) is 4.94. The standard InChI is InChI=1S/C15H18N2OS/c1-10-6-8-11(9-7-10)17(2)15-16-14-12(18)4-3-5-13(14)19-15/h6-9,12,18H,3-5H2,1-2H3. The van der Waals surface area contributed by atoms with Crippen LogP contribution in [0, 0.1) is 6.92 Å². The van der Waals surface area contributed by atoms with Crippen molar-refractivity contribution < 1.29 is 5.11 Å². The maximum atomic E-state index is 9.99. The predicted molar refractivity (Wildman–Crippen MR) is 79.3 cm³/mol. The Morgan fingerprint density at radius 3 is 2.74 bits per heavy atom. The highest BCUT2D eigenvalue weighted by molar-refractivity contribution is 7.15. The van der Waals surface area contributed by atoms with Crippen LogP contribution >= 0.6 is 11.3 Å². The van der Waals surface area contributed by atoms with Gasteiger partial charge >= 0.3 is 0 Å². The molecule has 0 bridgehead atoms. The molecule has 1 aromatic carbocycles. The van der Waals surface area contributed by atoms with Crippen LogP contribution in [0.4, 0.5) is 10.8 Å². The van der Waals surface area contributed by atoms with Crippen LogP contribution < -0.4 is 4.90 Å². The first-order valence-corrected chi connectivity index (χ1v) is 7.45. The number of aryl methyl sites for hydroxylation is 2. The zero-order chi connectivity index (χ0) is 13.4. The highest BCUT2D eigenvalue weighted by atomic mass is 32.1. The number of aromatic nitrogens is 1. The van der Waals surface area contributed by atoms with Crippen molar-refractivity contribution in [2.24, 2.45) is 0 Å². The number of aliphatic hydroxyl groups excluding tert-OH is 1. The quantitative estimate of drug-likeness (QED) is 0.909. The Labute approximate surface area is 117 Å². The Balaban J connectivity index is 1.92. The molecule has 1 aliphatic rings. The zero-order valence-corrected chi connectivity index (χ0v) is 12.1. The molecule has 0 spiro atoms. The molecule has 0 aliphatic heterocycles. The van der Waals surface area contributed by atoms with Crippen molar-refractivity contribution >= 4 is 22.2 Å². The summed E-state index contributed by atoms with van der Waals surface area (Å²) in [5.41, 5.74) is 3.28. The van der Waals surface area contributed by atoms with Gasteiger partial charge in [0.05, 0.1) is 11.8 Å². The van der Waals surface area contributed by atoms with Gasteiger partial charge in [0.1, 0.15) is 0 Å². The second-order valence-corrected chi connectivity index (χ2v) is 6.17. The van der Waals surface area contributed by atoms with Crippen molar-refractivity contribution in [3.63, 3.8) is 0 Å². The van der Waals surface area contributed by atoms with E-state index in [9.17, 15) is 5.11 Å². The average Bonchev–Trinajstić information content (AvgIpc) is 2.84. The lowest BCUT2D eigenvalue weighted by molar-refractivity contribution is 0.153. The summed E-state index contributed by atoms with van der Waals surface area (Å²) >= 11 is 1.70. The number of rotatable bonds is 2. The van der Waals surface area contributed by atoms with Gasteiger partial charge in [-0.25, -0.2) is 4.98 Å². The summed E-state index contributed by atoms with van der Waals surface area (Å²) in [6, 6.07) is 8.42. The third-order valence-electron chi connectivity index (χ3n) is 3.62. The van der Waals surface area contributed by atoms with E-state index in [0.717, 1.165) is 35.8 Å². The predicted octanol–water partition coefficient (Wildman–Crippen LogP) is 3.59. The highest BCUT2D eigenvalue weighted by Gasteiger charge is 2.24. The minimum absolute atomic E-state index is 0.375. The van der Waals surface area contributed by atoms with Gasteiger partial charge in [-0.3, -0.25) is 0 Å². The van der Waals surface area contributed by atoms with Gasteiger partial charge in [-0.1, -0.05) is 17.7 Å². The first-order chi connectivity index (χ1) is 9.15. The van der Waals surface area contributed by atoms with Gasteiger partial charge in [0.25, 0.3) is 0 Å². The van der Waals surface area contributed by atoms with Crippen molar-refractivity contribution in [2.75, 3.05) is 11.9 Å². The summed E-state index contributed by atoms with van der Waals surface area (Å²) in [6.45, 7) is 2.09. The molecule has 3 nitrogen and oxygen atoms in total. The highest BCUT2D eigenvalue weighted by Crippen LogP contribution is 2.38. The summed E-state index contributed by atoms with van der Waals surface area (Å²) in [4.78, 5) is 7.96. The molecular weight excluding hydrogens is 256 g/mol. The summed E-state index contributed by atoms with van der Waals surface area (Å²) in [6.07, 6.45) is 2.57. The van der Waals surface area contributed by atoms with E-state index in [1.54, 1.807) is 11.3 Å². The molecule has 0 saturated heterocycles. The fourth-order valence-corrected chi connectivity index (χ4v) is 3.54. The second-order valence-electron chi connectivity index (χ2n) is 5.11. The van der Waals surface area contributed by atoms with Gasteiger partial charge in [0, 0.05) is 17.6 Å². The Morgan fingerprint density at radius 1 is 1.32 bits per heavy atom. The van der Waals surface area contributed by atoms with Gasteiger partial charge in [0.15, 0.2) is 5.13 Å². The van der Waals surface area contributed by atoms with E-state index in [1.807, 2.05) is 7.05 Å². The smallest absolute Gasteiger partial charge is 0.190 e. The lowest BCUT2D eigenvalue weighted by Crippen LogP contribution is -2.10. The average molecular weight is 274 g/mol. The summed E-state index contributed by atoms with van der Waals surface area (Å²) < 4.78 is 0. The van der Waals surface area contributed by atoms with E-state index < -0.39 is 0 Å². The lowest BCUT2D eigenvalue weighted by atomic mass is 10.0. The monoisotopic (exact) mass is 274 g/mol. The fourth-order valence-electron chi connectivity index (χ4n) is 2.41. The molecule has 1 N–H and O–H groups in total. The van der Waals surface area contributed by atoms with Crippen LogP contribution in [0.1, 0.15) is 35.1 Å². The van der Waals surface area contributed by atoms with Gasteiger partial charge in [-0.05, 0) is 38.3 Å². The van der Waals surface area contributed by atoms with E-state index in [4.69, 9.17) is 0 Å². The minimum atomic E-state index is -0.375. The van der Waals surface area contributed by atoms with E-state index in [1.165, 1.54) is 10.4 Å².